The van der Waals surface area contributed by atoms with Crippen molar-refractivity contribution in [2.45, 2.75) is 90.0 Å². The third-order valence-electron chi connectivity index (χ3n) is 14.3. The van der Waals surface area contributed by atoms with Crippen LogP contribution >= 0.6 is 0 Å². The first kappa shape index (κ1) is 33.4. The number of aliphatic hydroxyl groups is 1. The zero-order valence-corrected chi connectivity index (χ0v) is 30.0. The van der Waals surface area contributed by atoms with Crippen molar-refractivity contribution >= 4 is 11.6 Å². The van der Waals surface area contributed by atoms with Gasteiger partial charge in [-0.15, -0.1) is 0 Å². The summed E-state index contributed by atoms with van der Waals surface area (Å²) >= 11 is 0. The molecule has 268 valence electrons. The van der Waals surface area contributed by atoms with E-state index in [2.05, 4.69) is 19.1 Å². The molecule has 1 N–H and O–H groups in total. The summed E-state index contributed by atoms with van der Waals surface area (Å²) < 4.78 is 31.7. The van der Waals surface area contributed by atoms with E-state index in [-0.39, 0.29) is 41.4 Å². The number of benzene rings is 2. The number of hydrogen-bond acceptors (Lipinski definition) is 8. The smallest absolute Gasteiger partial charge is 0.224 e. The third kappa shape index (κ3) is 4.09. The van der Waals surface area contributed by atoms with Gasteiger partial charge in [0.1, 0.15) is 24.6 Å². The van der Waals surface area contributed by atoms with E-state index in [0.29, 0.717) is 61.2 Å². The highest BCUT2D eigenvalue weighted by atomic mass is 16.7. The topological polar surface area (TPSA) is 101 Å². The van der Waals surface area contributed by atoms with Crippen LogP contribution in [-0.4, -0.2) is 61.1 Å². The standard InChI is InChI=1S/C43H48O8/c1-25-41(30-18-28(30)23-48-21-26-12-8-6-9-13-26)20-32(50-24-49-22-27-14-10-7-11-15-27)43(25)33-29(16-17-40(41,43)4)37(46)42-19-31(44)38(51-42)39(2,3)36(42)35(47-5)34(33)45/h6-15,28,30,32,37-38,46H,1,16-24H2,2-5H3/t28-,30+,32-,37-,38-,40-,41+,42+,43+/m0/s1. The Balaban J connectivity index is 1.09. The van der Waals surface area contributed by atoms with Crippen LogP contribution in [0.4, 0.5) is 0 Å². The number of Topliss-reactive ketones (excluding diaryl/α,β-unsaturated/α-hetero) is 2. The van der Waals surface area contributed by atoms with Crippen LogP contribution in [0.1, 0.15) is 64.0 Å². The van der Waals surface area contributed by atoms with Crippen molar-refractivity contribution in [3.05, 3.63) is 106 Å². The molecular formula is C43H48O8. The number of rotatable bonds is 11. The maximum atomic E-state index is 15.3. The van der Waals surface area contributed by atoms with Gasteiger partial charge in [-0.1, -0.05) is 93.6 Å². The molecule has 8 aliphatic rings. The Labute approximate surface area is 299 Å². The predicted octanol–water partition coefficient (Wildman–Crippen LogP) is 6.42. The van der Waals surface area contributed by atoms with Gasteiger partial charge < -0.3 is 28.8 Å². The van der Waals surface area contributed by atoms with Gasteiger partial charge in [0, 0.05) is 28.4 Å². The average molecular weight is 693 g/mol. The highest BCUT2D eigenvalue weighted by Gasteiger charge is 2.88. The normalized spacial score (nSPS) is 39.8. The van der Waals surface area contributed by atoms with E-state index in [1.54, 1.807) is 0 Å². The van der Waals surface area contributed by atoms with Crippen molar-refractivity contribution in [3.8, 4) is 0 Å². The van der Waals surface area contributed by atoms with Crippen molar-refractivity contribution in [2.24, 2.45) is 33.5 Å². The van der Waals surface area contributed by atoms with Crippen LogP contribution in [0.5, 0.6) is 0 Å². The maximum Gasteiger partial charge on any atom is 0.224 e. The highest BCUT2D eigenvalue weighted by molar-refractivity contribution is 6.12. The zero-order valence-electron chi connectivity index (χ0n) is 30.0. The molecule has 8 heteroatoms. The van der Waals surface area contributed by atoms with E-state index < -0.39 is 34.7 Å². The number of methoxy groups -OCH3 is 1. The SMILES string of the molecule is C=C1[C@@]23C4=C(CC[C@@]2(C)[C@]1([C@@H]1C[C@H]1COCc1ccccc1)C[C@@H]3OCOCc1ccccc1)[C@H](O)[C@]12CC(=O)[C@H](O1)C(C)(C)C2=C(OC)C4=O. The minimum absolute atomic E-state index is 0.0175. The molecule has 2 aliphatic heterocycles. The Morgan fingerprint density at radius 2 is 1.63 bits per heavy atom. The first-order valence-electron chi connectivity index (χ1n) is 18.5. The van der Waals surface area contributed by atoms with Crippen molar-refractivity contribution < 1.29 is 38.4 Å². The second-order valence-corrected chi connectivity index (χ2v) is 16.8. The quantitative estimate of drug-likeness (QED) is 0.164. The monoisotopic (exact) mass is 692 g/mol. The number of fused-ring (bicyclic) bond motifs is 2. The molecule has 0 aromatic heterocycles. The number of ether oxygens (including phenoxy) is 5. The van der Waals surface area contributed by atoms with Gasteiger partial charge in [0.25, 0.3) is 0 Å². The summed E-state index contributed by atoms with van der Waals surface area (Å²) in [6.07, 6.45) is 0.720. The largest absolute Gasteiger partial charge is 0.493 e. The fourth-order valence-electron chi connectivity index (χ4n) is 12.3. The molecular weight excluding hydrogens is 644 g/mol. The van der Waals surface area contributed by atoms with E-state index in [0.717, 1.165) is 29.5 Å². The fourth-order valence-corrected chi connectivity index (χ4v) is 12.3. The Morgan fingerprint density at radius 1 is 0.961 bits per heavy atom. The second kappa shape index (κ2) is 11.3. The lowest BCUT2D eigenvalue weighted by Gasteiger charge is -2.69. The number of carbonyl (C=O) groups excluding carboxylic acids is 2. The van der Waals surface area contributed by atoms with Gasteiger partial charge in [-0.05, 0) is 59.6 Å². The molecule has 2 aromatic rings. The van der Waals surface area contributed by atoms with E-state index in [9.17, 15) is 9.90 Å². The highest BCUT2D eigenvalue weighted by Crippen LogP contribution is 2.91. The molecule has 51 heavy (non-hydrogen) atoms. The van der Waals surface area contributed by atoms with Crippen molar-refractivity contribution in [3.63, 3.8) is 0 Å². The van der Waals surface area contributed by atoms with E-state index in [1.807, 2.05) is 62.4 Å². The predicted molar refractivity (Wildman–Crippen MR) is 188 cm³/mol. The summed E-state index contributed by atoms with van der Waals surface area (Å²) in [6.45, 7) is 12.7. The Morgan fingerprint density at radius 3 is 2.29 bits per heavy atom. The van der Waals surface area contributed by atoms with Gasteiger partial charge in [0.15, 0.2) is 11.5 Å². The number of aliphatic hydroxyl groups excluding tert-OH is 1. The molecule has 6 aliphatic carbocycles. The summed E-state index contributed by atoms with van der Waals surface area (Å²) in [6, 6.07) is 20.2. The number of hydrogen-bond donors (Lipinski definition) is 1. The molecule has 0 amide bonds. The Hall–Kier alpha value is -3.40. The molecule has 2 spiro atoms. The molecule has 4 saturated carbocycles. The molecule has 0 unspecified atom stereocenters. The summed E-state index contributed by atoms with van der Waals surface area (Å²) in [7, 11) is 1.51. The maximum absolute atomic E-state index is 15.3. The molecule has 2 aromatic carbocycles. The average Bonchev–Trinajstić information content (AvgIpc) is 3.56. The summed E-state index contributed by atoms with van der Waals surface area (Å²) in [5.74, 6) is 0.624. The summed E-state index contributed by atoms with van der Waals surface area (Å²) in [5.41, 5.74) is 1.37. The van der Waals surface area contributed by atoms with Gasteiger partial charge in [-0.3, -0.25) is 9.59 Å². The van der Waals surface area contributed by atoms with Crippen molar-refractivity contribution in [2.75, 3.05) is 20.5 Å². The molecule has 8 nitrogen and oxygen atoms in total. The summed E-state index contributed by atoms with van der Waals surface area (Å²) in [5, 5.41) is 12.5. The minimum atomic E-state index is -1.33. The van der Waals surface area contributed by atoms with Gasteiger partial charge in [0.2, 0.25) is 5.78 Å². The molecule has 2 saturated heterocycles. The first-order valence-corrected chi connectivity index (χ1v) is 18.5. The molecule has 10 rings (SSSR count). The first-order chi connectivity index (χ1) is 24.5. The fraction of sp³-hybridized carbons (Fsp3) is 0.535. The lowest BCUT2D eigenvalue weighted by Crippen LogP contribution is -2.66. The molecule has 0 radical (unpaired) electrons. The van der Waals surface area contributed by atoms with Gasteiger partial charge >= 0.3 is 0 Å². The van der Waals surface area contributed by atoms with Gasteiger partial charge in [-0.25, -0.2) is 0 Å². The lowest BCUT2D eigenvalue weighted by atomic mass is 9.33. The number of allylic oxidation sites excluding steroid dienone is 1. The van der Waals surface area contributed by atoms with Crippen LogP contribution in [-0.2, 0) is 46.5 Å². The van der Waals surface area contributed by atoms with Crippen LogP contribution in [0.25, 0.3) is 0 Å². The van der Waals surface area contributed by atoms with Crippen molar-refractivity contribution in [1.29, 1.82) is 0 Å². The van der Waals surface area contributed by atoms with Crippen LogP contribution in [0.2, 0.25) is 0 Å². The minimum Gasteiger partial charge on any atom is -0.493 e. The number of carbonyl (C=O) groups is 2. The third-order valence-corrected chi connectivity index (χ3v) is 14.3. The lowest BCUT2D eigenvalue weighted by molar-refractivity contribution is -0.154. The van der Waals surface area contributed by atoms with Gasteiger partial charge in [0.05, 0.1) is 38.4 Å². The van der Waals surface area contributed by atoms with Crippen LogP contribution in [0.15, 0.2) is 95.3 Å². The summed E-state index contributed by atoms with van der Waals surface area (Å²) in [4.78, 5) is 28.6. The van der Waals surface area contributed by atoms with E-state index in [4.69, 9.17) is 30.3 Å². The van der Waals surface area contributed by atoms with E-state index in [1.165, 1.54) is 7.11 Å². The Bertz CT molecular complexity index is 1880. The molecule has 2 heterocycles. The Kier molecular flexibility index (Phi) is 7.41. The molecule has 9 atom stereocenters. The van der Waals surface area contributed by atoms with Crippen LogP contribution < -0.4 is 0 Å². The zero-order chi connectivity index (χ0) is 35.6. The van der Waals surface area contributed by atoms with Crippen LogP contribution in [0, 0.1) is 33.5 Å². The second-order valence-electron chi connectivity index (χ2n) is 16.8. The van der Waals surface area contributed by atoms with Crippen LogP contribution in [0.3, 0.4) is 0 Å². The van der Waals surface area contributed by atoms with E-state index >= 15 is 4.79 Å². The van der Waals surface area contributed by atoms with Crippen molar-refractivity contribution in [1.82, 2.24) is 0 Å². The molecule has 4 bridgehead atoms. The molecule has 6 fully saturated rings. The van der Waals surface area contributed by atoms with Gasteiger partial charge in [-0.2, -0.15) is 0 Å². The number of ketones is 2.